The van der Waals surface area contributed by atoms with Crippen LogP contribution in [0.2, 0.25) is 0 Å². The number of hydrogen-bond acceptors (Lipinski definition) is 3. The van der Waals surface area contributed by atoms with Crippen molar-refractivity contribution in [2.45, 2.75) is 32.7 Å². The van der Waals surface area contributed by atoms with Gasteiger partial charge in [-0.1, -0.05) is 6.92 Å². The van der Waals surface area contributed by atoms with Crippen LogP contribution in [-0.2, 0) is 6.54 Å². The first-order valence-corrected chi connectivity index (χ1v) is 6.42. The smallest absolute Gasteiger partial charge is 0.170 e. The van der Waals surface area contributed by atoms with Gasteiger partial charge in [0.2, 0.25) is 0 Å². The highest BCUT2D eigenvalue weighted by Gasteiger charge is 2.17. The molecular formula is C13H20FN3. The monoisotopic (exact) mass is 237 g/mol. The molecule has 0 bridgehead atoms. The maximum absolute atomic E-state index is 14.2. The standard InChI is InChI=1S/C13H20FN3/c1-2-15-10-11-6-7-16-13(12(11)14)17-8-4-3-5-9-17/h6-7,15H,2-5,8-10H2,1H3. The van der Waals surface area contributed by atoms with Crippen LogP contribution < -0.4 is 10.2 Å². The van der Waals surface area contributed by atoms with Gasteiger partial charge in [0.1, 0.15) is 0 Å². The molecular weight excluding hydrogens is 217 g/mol. The first kappa shape index (κ1) is 12.3. The van der Waals surface area contributed by atoms with Gasteiger partial charge in [-0.2, -0.15) is 0 Å². The molecule has 1 aromatic rings. The predicted molar refractivity (Wildman–Crippen MR) is 67.6 cm³/mol. The number of pyridine rings is 1. The fourth-order valence-electron chi connectivity index (χ4n) is 2.19. The summed E-state index contributed by atoms with van der Waals surface area (Å²) in [6.45, 7) is 5.29. The molecule has 0 saturated carbocycles. The van der Waals surface area contributed by atoms with E-state index in [1.807, 2.05) is 6.92 Å². The largest absolute Gasteiger partial charge is 0.354 e. The minimum absolute atomic E-state index is 0.157. The molecule has 0 unspecified atom stereocenters. The number of anilines is 1. The number of rotatable bonds is 4. The molecule has 0 radical (unpaired) electrons. The van der Waals surface area contributed by atoms with Gasteiger partial charge in [-0.3, -0.25) is 0 Å². The van der Waals surface area contributed by atoms with E-state index in [1.165, 1.54) is 6.42 Å². The number of nitrogens with one attached hydrogen (secondary N) is 1. The van der Waals surface area contributed by atoms with Crippen molar-refractivity contribution in [2.75, 3.05) is 24.5 Å². The van der Waals surface area contributed by atoms with Gasteiger partial charge in [0.25, 0.3) is 0 Å². The Morgan fingerprint density at radius 1 is 1.35 bits per heavy atom. The van der Waals surface area contributed by atoms with Crippen molar-refractivity contribution in [1.82, 2.24) is 10.3 Å². The number of hydrogen-bond donors (Lipinski definition) is 1. The molecule has 0 atom stereocenters. The summed E-state index contributed by atoms with van der Waals surface area (Å²) in [5.41, 5.74) is 0.711. The summed E-state index contributed by atoms with van der Waals surface area (Å²) in [6.07, 6.45) is 5.23. The number of aromatic nitrogens is 1. The summed E-state index contributed by atoms with van der Waals surface area (Å²) in [5.74, 6) is 0.371. The average Bonchev–Trinajstić information content (AvgIpc) is 2.39. The van der Waals surface area contributed by atoms with Crippen molar-refractivity contribution in [3.63, 3.8) is 0 Å². The van der Waals surface area contributed by atoms with Crippen molar-refractivity contribution in [3.05, 3.63) is 23.6 Å². The minimum atomic E-state index is -0.157. The zero-order valence-electron chi connectivity index (χ0n) is 10.4. The van der Waals surface area contributed by atoms with Crippen molar-refractivity contribution in [1.29, 1.82) is 0 Å². The molecule has 94 valence electrons. The van der Waals surface area contributed by atoms with E-state index in [-0.39, 0.29) is 5.82 Å². The Bertz CT molecular complexity index is 362. The summed E-state index contributed by atoms with van der Waals surface area (Å²) in [6, 6.07) is 1.76. The molecule has 0 aromatic carbocycles. The van der Waals surface area contributed by atoms with Gasteiger partial charge < -0.3 is 10.2 Å². The lowest BCUT2D eigenvalue weighted by atomic mass is 10.1. The predicted octanol–water partition coefficient (Wildman–Crippen LogP) is 2.32. The molecule has 1 fully saturated rings. The summed E-state index contributed by atoms with van der Waals surface area (Å²) < 4.78 is 14.2. The lowest BCUT2D eigenvalue weighted by molar-refractivity contribution is 0.540. The number of halogens is 1. The Morgan fingerprint density at radius 2 is 2.12 bits per heavy atom. The van der Waals surface area contributed by atoms with Gasteiger partial charge in [-0.25, -0.2) is 9.37 Å². The molecule has 1 saturated heterocycles. The van der Waals surface area contributed by atoms with Crippen LogP contribution in [0.25, 0.3) is 0 Å². The molecule has 1 aliphatic heterocycles. The average molecular weight is 237 g/mol. The maximum atomic E-state index is 14.2. The summed E-state index contributed by atoms with van der Waals surface area (Å²) in [4.78, 5) is 6.26. The topological polar surface area (TPSA) is 28.2 Å². The second-order valence-electron chi connectivity index (χ2n) is 4.44. The van der Waals surface area contributed by atoms with E-state index in [2.05, 4.69) is 15.2 Å². The van der Waals surface area contributed by atoms with Gasteiger partial charge >= 0.3 is 0 Å². The highest BCUT2D eigenvalue weighted by molar-refractivity contribution is 5.43. The Labute approximate surface area is 102 Å². The maximum Gasteiger partial charge on any atom is 0.170 e. The van der Waals surface area contributed by atoms with Gasteiger partial charge in [0.05, 0.1) is 0 Å². The summed E-state index contributed by atoms with van der Waals surface area (Å²) in [7, 11) is 0. The van der Waals surface area contributed by atoms with Crippen molar-refractivity contribution >= 4 is 5.82 Å². The third-order valence-corrected chi connectivity index (χ3v) is 3.17. The van der Waals surface area contributed by atoms with Gasteiger partial charge in [0, 0.05) is 31.4 Å². The Kier molecular flexibility index (Phi) is 4.31. The molecule has 0 amide bonds. The first-order chi connectivity index (χ1) is 8.33. The molecule has 2 heterocycles. The normalized spacial score (nSPS) is 16.2. The second-order valence-corrected chi connectivity index (χ2v) is 4.44. The molecule has 1 aromatic heterocycles. The lowest BCUT2D eigenvalue weighted by Gasteiger charge is -2.28. The van der Waals surface area contributed by atoms with E-state index >= 15 is 0 Å². The molecule has 0 spiro atoms. The Hall–Kier alpha value is -1.16. The Morgan fingerprint density at radius 3 is 2.82 bits per heavy atom. The molecule has 0 aliphatic carbocycles. The van der Waals surface area contributed by atoms with Crippen LogP contribution in [0.15, 0.2) is 12.3 Å². The highest BCUT2D eigenvalue weighted by atomic mass is 19.1. The third-order valence-electron chi connectivity index (χ3n) is 3.17. The minimum Gasteiger partial charge on any atom is -0.354 e. The van der Waals surface area contributed by atoms with Crippen molar-refractivity contribution in [2.24, 2.45) is 0 Å². The lowest BCUT2D eigenvalue weighted by Crippen LogP contribution is -2.31. The number of piperidine rings is 1. The van der Waals surface area contributed by atoms with E-state index in [0.717, 1.165) is 32.5 Å². The van der Waals surface area contributed by atoms with E-state index in [0.29, 0.717) is 17.9 Å². The summed E-state index contributed by atoms with van der Waals surface area (Å²) >= 11 is 0. The molecule has 17 heavy (non-hydrogen) atoms. The van der Waals surface area contributed by atoms with Crippen LogP contribution in [0.5, 0.6) is 0 Å². The van der Waals surface area contributed by atoms with Crippen LogP contribution in [-0.4, -0.2) is 24.6 Å². The van der Waals surface area contributed by atoms with Crippen LogP contribution in [0.4, 0.5) is 10.2 Å². The molecule has 1 aliphatic rings. The highest BCUT2D eigenvalue weighted by Crippen LogP contribution is 2.22. The quantitative estimate of drug-likeness (QED) is 0.871. The van der Waals surface area contributed by atoms with Crippen molar-refractivity contribution < 1.29 is 4.39 Å². The van der Waals surface area contributed by atoms with Gasteiger partial charge in [0.15, 0.2) is 11.6 Å². The zero-order chi connectivity index (χ0) is 12.1. The molecule has 1 N–H and O–H groups in total. The molecule has 2 rings (SSSR count). The fraction of sp³-hybridized carbons (Fsp3) is 0.615. The van der Waals surface area contributed by atoms with Crippen LogP contribution in [0.3, 0.4) is 0 Å². The van der Waals surface area contributed by atoms with Gasteiger partial charge in [-0.15, -0.1) is 0 Å². The molecule has 4 heteroatoms. The fourth-order valence-corrected chi connectivity index (χ4v) is 2.19. The molecule has 3 nitrogen and oxygen atoms in total. The second kappa shape index (κ2) is 5.96. The SMILES string of the molecule is CCNCc1ccnc(N2CCCCC2)c1F. The van der Waals surface area contributed by atoms with Gasteiger partial charge in [-0.05, 0) is 31.9 Å². The number of nitrogens with zero attached hydrogens (tertiary/aromatic N) is 2. The van der Waals surface area contributed by atoms with E-state index in [9.17, 15) is 4.39 Å². The van der Waals surface area contributed by atoms with Crippen LogP contribution >= 0.6 is 0 Å². The Balaban J connectivity index is 2.15. The van der Waals surface area contributed by atoms with E-state index in [1.54, 1.807) is 12.3 Å². The van der Waals surface area contributed by atoms with Crippen molar-refractivity contribution in [3.8, 4) is 0 Å². The van der Waals surface area contributed by atoms with Crippen LogP contribution in [0, 0.1) is 5.82 Å². The van der Waals surface area contributed by atoms with E-state index in [4.69, 9.17) is 0 Å². The first-order valence-electron chi connectivity index (χ1n) is 6.42. The third kappa shape index (κ3) is 2.94. The van der Waals surface area contributed by atoms with E-state index < -0.39 is 0 Å². The van der Waals surface area contributed by atoms with Crippen LogP contribution in [0.1, 0.15) is 31.7 Å². The summed E-state index contributed by atoms with van der Waals surface area (Å²) in [5, 5.41) is 3.15. The zero-order valence-corrected chi connectivity index (χ0v) is 10.4.